The summed E-state index contributed by atoms with van der Waals surface area (Å²) in [5.41, 5.74) is 0.930. The number of hydrogen-bond acceptors (Lipinski definition) is 3. The molecule has 0 bridgehead atoms. The standard InChI is InChI=1S/C15H25NO2/c1-13(2)7-8-15(3,12-16)9-11-18-14-6-4-5-10-17-14/h7,14H,4-6,8-11H2,1-3H3. The Balaban J connectivity index is 2.30. The van der Waals surface area contributed by atoms with Gasteiger partial charge in [0.05, 0.1) is 18.1 Å². The summed E-state index contributed by atoms with van der Waals surface area (Å²) < 4.78 is 11.2. The first-order valence-electron chi connectivity index (χ1n) is 6.83. The Hall–Kier alpha value is -0.850. The first kappa shape index (κ1) is 15.2. The summed E-state index contributed by atoms with van der Waals surface area (Å²) in [6, 6.07) is 2.41. The van der Waals surface area contributed by atoms with Crippen molar-refractivity contribution in [3.8, 4) is 6.07 Å². The zero-order chi connectivity index (χ0) is 13.4. The van der Waals surface area contributed by atoms with E-state index < -0.39 is 0 Å². The van der Waals surface area contributed by atoms with Gasteiger partial charge in [0, 0.05) is 6.61 Å². The highest BCUT2D eigenvalue weighted by atomic mass is 16.7. The van der Waals surface area contributed by atoms with Crippen LogP contribution in [0.3, 0.4) is 0 Å². The number of allylic oxidation sites excluding steroid dienone is 2. The van der Waals surface area contributed by atoms with E-state index in [1.54, 1.807) is 0 Å². The van der Waals surface area contributed by atoms with Crippen molar-refractivity contribution in [3.05, 3.63) is 11.6 Å². The molecule has 0 radical (unpaired) electrons. The molecule has 2 atom stereocenters. The SMILES string of the molecule is CC(C)=CCC(C)(C#N)CCOC1CCCCO1. The molecule has 1 heterocycles. The van der Waals surface area contributed by atoms with Crippen LogP contribution >= 0.6 is 0 Å². The predicted molar refractivity (Wildman–Crippen MR) is 71.9 cm³/mol. The van der Waals surface area contributed by atoms with Crippen LogP contribution < -0.4 is 0 Å². The molecule has 0 N–H and O–H groups in total. The van der Waals surface area contributed by atoms with Gasteiger partial charge in [-0.2, -0.15) is 5.26 Å². The molecule has 0 aromatic rings. The Labute approximate surface area is 111 Å². The summed E-state index contributed by atoms with van der Waals surface area (Å²) in [5.74, 6) is 0. The Bertz CT molecular complexity index is 309. The van der Waals surface area contributed by atoms with Gasteiger partial charge in [0.1, 0.15) is 0 Å². The molecule has 1 aliphatic rings. The van der Waals surface area contributed by atoms with E-state index in [9.17, 15) is 5.26 Å². The van der Waals surface area contributed by atoms with Crippen LogP contribution in [-0.2, 0) is 9.47 Å². The maximum Gasteiger partial charge on any atom is 0.157 e. The summed E-state index contributed by atoms with van der Waals surface area (Å²) in [5, 5.41) is 9.27. The minimum Gasteiger partial charge on any atom is -0.353 e. The zero-order valence-corrected chi connectivity index (χ0v) is 11.9. The smallest absolute Gasteiger partial charge is 0.157 e. The van der Waals surface area contributed by atoms with Gasteiger partial charge in [0.25, 0.3) is 0 Å². The summed E-state index contributed by atoms with van der Waals surface area (Å²) in [6.45, 7) is 7.52. The molecule has 0 aliphatic carbocycles. The van der Waals surface area contributed by atoms with Crippen molar-refractivity contribution in [3.63, 3.8) is 0 Å². The molecule has 2 unspecified atom stereocenters. The zero-order valence-electron chi connectivity index (χ0n) is 11.9. The molecule has 0 aromatic heterocycles. The van der Waals surface area contributed by atoms with Crippen LogP contribution in [0.4, 0.5) is 0 Å². The number of nitrogens with zero attached hydrogens (tertiary/aromatic N) is 1. The van der Waals surface area contributed by atoms with Gasteiger partial charge < -0.3 is 9.47 Å². The molecule has 102 valence electrons. The van der Waals surface area contributed by atoms with E-state index in [2.05, 4.69) is 26.0 Å². The van der Waals surface area contributed by atoms with Crippen molar-refractivity contribution in [2.24, 2.45) is 5.41 Å². The van der Waals surface area contributed by atoms with Crippen molar-refractivity contribution in [1.29, 1.82) is 5.26 Å². The van der Waals surface area contributed by atoms with Crippen LogP contribution in [0.5, 0.6) is 0 Å². The van der Waals surface area contributed by atoms with Crippen LogP contribution in [0.15, 0.2) is 11.6 Å². The van der Waals surface area contributed by atoms with Crippen molar-refractivity contribution >= 4 is 0 Å². The largest absolute Gasteiger partial charge is 0.353 e. The third-order valence-electron chi connectivity index (χ3n) is 3.33. The first-order valence-corrected chi connectivity index (χ1v) is 6.83. The third kappa shape index (κ3) is 5.66. The fourth-order valence-electron chi connectivity index (χ4n) is 1.89. The number of ether oxygens (including phenoxy) is 2. The molecule has 3 nitrogen and oxygen atoms in total. The van der Waals surface area contributed by atoms with Gasteiger partial charge in [-0.1, -0.05) is 11.6 Å². The van der Waals surface area contributed by atoms with E-state index in [1.165, 1.54) is 12.0 Å². The maximum atomic E-state index is 9.27. The fraction of sp³-hybridized carbons (Fsp3) is 0.800. The normalized spacial score (nSPS) is 22.9. The first-order chi connectivity index (χ1) is 8.56. The van der Waals surface area contributed by atoms with Crippen molar-refractivity contribution in [2.75, 3.05) is 13.2 Å². The van der Waals surface area contributed by atoms with Gasteiger partial charge in [0.2, 0.25) is 0 Å². The summed E-state index contributed by atoms with van der Waals surface area (Å²) >= 11 is 0. The van der Waals surface area contributed by atoms with E-state index in [0.29, 0.717) is 6.61 Å². The van der Waals surface area contributed by atoms with Crippen molar-refractivity contribution in [2.45, 2.75) is 59.2 Å². The Morgan fingerprint density at radius 1 is 1.50 bits per heavy atom. The monoisotopic (exact) mass is 251 g/mol. The second-order valence-electron chi connectivity index (χ2n) is 5.57. The molecule has 1 fully saturated rings. The van der Waals surface area contributed by atoms with E-state index in [-0.39, 0.29) is 11.7 Å². The van der Waals surface area contributed by atoms with Gasteiger partial charge in [-0.25, -0.2) is 0 Å². The lowest BCUT2D eigenvalue weighted by Crippen LogP contribution is -2.25. The van der Waals surface area contributed by atoms with E-state index in [0.717, 1.165) is 32.3 Å². The lowest BCUT2D eigenvalue weighted by molar-refractivity contribution is -0.164. The fourth-order valence-corrected chi connectivity index (χ4v) is 1.89. The Morgan fingerprint density at radius 3 is 2.83 bits per heavy atom. The predicted octanol–water partition coefficient (Wildman–Crippen LogP) is 3.81. The molecule has 0 aromatic carbocycles. The molecule has 1 rings (SSSR count). The number of hydrogen-bond donors (Lipinski definition) is 0. The molecule has 3 heteroatoms. The van der Waals surface area contributed by atoms with Gasteiger partial charge in [0.15, 0.2) is 6.29 Å². The second kappa shape index (κ2) is 7.56. The van der Waals surface area contributed by atoms with Gasteiger partial charge in [-0.05, 0) is 52.9 Å². The van der Waals surface area contributed by atoms with Gasteiger partial charge in [-0.3, -0.25) is 0 Å². The molecule has 18 heavy (non-hydrogen) atoms. The lowest BCUT2D eigenvalue weighted by atomic mass is 9.85. The van der Waals surface area contributed by atoms with Crippen LogP contribution in [0.1, 0.15) is 52.9 Å². The molecule has 0 spiro atoms. The molecule has 1 saturated heterocycles. The highest BCUT2D eigenvalue weighted by molar-refractivity contribution is 5.04. The highest BCUT2D eigenvalue weighted by Gasteiger charge is 2.23. The molecular formula is C15H25NO2. The maximum absolute atomic E-state index is 9.27. The quantitative estimate of drug-likeness (QED) is 0.674. The summed E-state index contributed by atoms with van der Waals surface area (Å²) in [6.07, 6.45) is 6.92. The summed E-state index contributed by atoms with van der Waals surface area (Å²) in [4.78, 5) is 0. The minimum absolute atomic E-state index is 0.0508. The number of rotatable bonds is 6. The topological polar surface area (TPSA) is 42.2 Å². The highest BCUT2D eigenvalue weighted by Crippen LogP contribution is 2.27. The van der Waals surface area contributed by atoms with Crippen LogP contribution in [0.25, 0.3) is 0 Å². The average molecular weight is 251 g/mol. The van der Waals surface area contributed by atoms with Gasteiger partial charge >= 0.3 is 0 Å². The van der Waals surface area contributed by atoms with E-state index in [1.807, 2.05) is 6.92 Å². The van der Waals surface area contributed by atoms with Crippen molar-refractivity contribution in [1.82, 2.24) is 0 Å². The van der Waals surface area contributed by atoms with E-state index in [4.69, 9.17) is 9.47 Å². The lowest BCUT2D eigenvalue weighted by Gasteiger charge is -2.25. The second-order valence-corrected chi connectivity index (χ2v) is 5.57. The van der Waals surface area contributed by atoms with Crippen LogP contribution in [0, 0.1) is 16.7 Å². The minimum atomic E-state index is -0.327. The van der Waals surface area contributed by atoms with Crippen LogP contribution in [-0.4, -0.2) is 19.5 Å². The third-order valence-corrected chi connectivity index (χ3v) is 3.33. The van der Waals surface area contributed by atoms with Gasteiger partial charge in [-0.15, -0.1) is 0 Å². The molecule has 1 aliphatic heterocycles. The summed E-state index contributed by atoms with van der Waals surface area (Å²) in [7, 11) is 0. The Kier molecular flexibility index (Phi) is 6.38. The molecular weight excluding hydrogens is 226 g/mol. The Morgan fingerprint density at radius 2 is 2.28 bits per heavy atom. The molecule has 0 saturated carbocycles. The van der Waals surface area contributed by atoms with E-state index >= 15 is 0 Å². The molecule has 0 amide bonds. The van der Waals surface area contributed by atoms with Crippen LogP contribution in [0.2, 0.25) is 0 Å². The average Bonchev–Trinajstić information content (AvgIpc) is 2.38. The van der Waals surface area contributed by atoms with Crippen molar-refractivity contribution < 1.29 is 9.47 Å². The number of nitriles is 1.